The molecule has 1 heterocycles. The van der Waals surface area contributed by atoms with Crippen LogP contribution in [0.25, 0.3) is 0 Å². The molecule has 0 spiro atoms. The van der Waals surface area contributed by atoms with Crippen LogP contribution in [0.3, 0.4) is 0 Å². The van der Waals surface area contributed by atoms with Gasteiger partial charge in [-0.3, -0.25) is 0 Å². The van der Waals surface area contributed by atoms with Crippen molar-refractivity contribution in [3.63, 3.8) is 0 Å². The summed E-state index contributed by atoms with van der Waals surface area (Å²) in [5, 5.41) is 8.32. The van der Waals surface area contributed by atoms with Crippen LogP contribution in [-0.4, -0.2) is 27.6 Å². The van der Waals surface area contributed by atoms with Gasteiger partial charge in [-0.25, -0.2) is 0 Å². The van der Waals surface area contributed by atoms with Gasteiger partial charge in [0.2, 0.25) is 3.79 Å². The monoisotopic (exact) mass is 367 g/mol. The number of rotatable bonds is 2. The van der Waals surface area contributed by atoms with Crippen LogP contribution in [0, 0.1) is 6.92 Å². The zero-order valence-corrected chi connectivity index (χ0v) is 15.0. The number of aryl methyl sites for hydroxylation is 1. The zero-order valence-electron chi connectivity index (χ0n) is 12.7. The molecule has 0 bridgehead atoms. The fourth-order valence-corrected chi connectivity index (χ4v) is 3.36. The summed E-state index contributed by atoms with van der Waals surface area (Å²) in [6, 6.07) is 17.4. The highest BCUT2D eigenvalue weighted by Crippen LogP contribution is 2.39. The molecule has 0 unspecified atom stereocenters. The minimum Gasteiger partial charge on any atom is -0.193 e. The maximum absolute atomic E-state index is 6.24. The molecule has 0 aromatic heterocycles. The first-order chi connectivity index (χ1) is 10.9. The number of hydrogen-bond donors (Lipinski definition) is 0. The Morgan fingerprint density at radius 1 is 0.957 bits per heavy atom. The van der Waals surface area contributed by atoms with Gasteiger partial charge in [-0.2, -0.15) is 15.2 Å². The summed E-state index contributed by atoms with van der Waals surface area (Å²) < 4.78 is -1.50. The molecule has 1 aliphatic rings. The van der Waals surface area contributed by atoms with Gasteiger partial charge in [0.05, 0.1) is 11.4 Å². The van der Waals surface area contributed by atoms with Gasteiger partial charge in [-0.05, 0) is 24.6 Å². The first-order valence-corrected chi connectivity index (χ1v) is 8.31. The second kappa shape index (κ2) is 6.33. The van der Waals surface area contributed by atoms with Crippen molar-refractivity contribution in [1.29, 1.82) is 0 Å². The summed E-state index contributed by atoms with van der Waals surface area (Å²) in [6.45, 7) is 2.04. The zero-order chi connectivity index (χ0) is 16.6. The van der Waals surface area contributed by atoms with Crippen molar-refractivity contribution in [3.05, 3.63) is 65.7 Å². The number of anilines is 1. The molecule has 0 amide bonds. The number of nitrogens with zero attached hydrogens (tertiary/aromatic N) is 3. The molecule has 0 fully saturated rings. The van der Waals surface area contributed by atoms with E-state index in [4.69, 9.17) is 39.9 Å². The van der Waals surface area contributed by atoms with E-state index in [1.54, 1.807) is 5.12 Å². The van der Waals surface area contributed by atoms with E-state index in [1.165, 1.54) is 5.56 Å². The van der Waals surface area contributed by atoms with E-state index in [-0.39, 0.29) is 0 Å². The average molecular weight is 369 g/mol. The first kappa shape index (κ1) is 16.6. The molecule has 0 N–H and O–H groups in total. The van der Waals surface area contributed by atoms with Crippen LogP contribution in [-0.2, 0) is 0 Å². The third-order valence-electron chi connectivity index (χ3n) is 3.78. The molecular weight excluding hydrogens is 353 g/mol. The van der Waals surface area contributed by atoms with Crippen LogP contribution >= 0.6 is 34.8 Å². The Labute approximate surface area is 151 Å². The summed E-state index contributed by atoms with van der Waals surface area (Å²) in [5.41, 5.74) is 3.76. The molecule has 1 atom stereocenters. The van der Waals surface area contributed by atoms with E-state index in [0.29, 0.717) is 0 Å². The first-order valence-electron chi connectivity index (χ1n) is 7.18. The normalized spacial score (nSPS) is 19.1. The van der Waals surface area contributed by atoms with Crippen molar-refractivity contribution in [1.82, 2.24) is 5.01 Å². The van der Waals surface area contributed by atoms with Gasteiger partial charge >= 0.3 is 0 Å². The molecule has 2 aromatic carbocycles. The molecule has 0 saturated heterocycles. The molecule has 6 heteroatoms. The lowest BCUT2D eigenvalue weighted by atomic mass is 10.0. The highest BCUT2D eigenvalue weighted by Gasteiger charge is 2.46. The van der Waals surface area contributed by atoms with Crippen molar-refractivity contribution < 1.29 is 0 Å². The molecule has 120 valence electrons. The van der Waals surface area contributed by atoms with Crippen LogP contribution in [0.4, 0.5) is 5.69 Å². The third kappa shape index (κ3) is 3.33. The number of likely N-dealkylation sites (N-methyl/N-ethyl adjacent to an activating group) is 1. The maximum Gasteiger partial charge on any atom is 0.213 e. The van der Waals surface area contributed by atoms with E-state index < -0.39 is 9.83 Å². The van der Waals surface area contributed by atoms with E-state index in [0.717, 1.165) is 17.0 Å². The fraction of sp³-hybridized carbons (Fsp3) is 0.235. The minimum atomic E-state index is -1.50. The number of hydrogen-bond acceptors (Lipinski definition) is 3. The topological polar surface area (TPSA) is 18.8 Å². The number of para-hydroxylation sites is 1. The Bertz CT molecular complexity index is 708. The highest BCUT2D eigenvalue weighted by molar-refractivity contribution is 6.69. The quantitative estimate of drug-likeness (QED) is 0.709. The Morgan fingerprint density at radius 3 is 2.13 bits per heavy atom. The van der Waals surface area contributed by atoms with E-state index >= 15 is 0 Å². The van der Waals surface area contributed by atoms with Gasteiger partial charge in [0.25, 0.3) is 0 Å². The Morgan fingerprint density at radius 2 is 1.57 bits per heavy atom. The van der Waals surface area contributed by atoms with Crippen molar-refractivity contribution in [2.45, 2.75) is 16.8 Å². The largest absolute Gasteiger partial charge is 0.213 e. The lowest BCUT2D eigenvalue weighted by Crippen LogP contribution is -2.47. The number of hydrazine groups is 1. The fourth-order valence-electron chi connectivity index (χ4n) is 2.62. The Kier molecular flexibility index (Phi) is 4.56. The van der Waals surface area contributed by atoms with Gasteiger partial charge < -0.3 is 0 Å². The van der Waals surface area contributed by atoms with Crippen molar-refractivity contribution in [2.24, 2.45) is 5.10 Å². The molecule has 2 aromatic rings. The van der Waals surface area contributed by atoms with Crippen LogP contribution in [0.2, 0.25) is 0 Å². The Balaban J connectivity index is 2.07. The number of halogens is 3. The number of hydrazone groups is 1. The summed E-state index contributed by atoms with van der Waals surface area (Å²) in [4.78, 5) is 0. The molecular formula is C17H16Cl3N3. The number of benzene rings is 2. The maximum atomic E-state index is 6.24. The molecule has 1 aliphatic heterocycles. The molecule has 23 heavy (non-hydrogen) atoms. The second-order valence-corrected chi connectivity index (χ2v) is 7.86. The van der Waals surface area contributed by atoms with Gasteiger partial charge in [0.1, 0.15) is 6.04 Å². The predicted molar refractivity (Wildman–Crippen MR) is 98.5 cm³/mol. The molecule has 0 radical (unpaired) electrons. The van der Waals surface area contributed by atoms with Crippen molar-refractivity contribution >= 4 is 46.2 Å². The highest BCUT2D eigenvalue weighted by atomic mass is 35.6. The van der Waals surface area contributed by atoms with Gasteiger partial charge in [0.15, 0.2) is 0 Å². The summed E-state index contributed by atoms with van der Waals surface area (Å²) in [7, 11) is 1.87. The predicted octanol–water partition coefficient (Wildman–Crippen LogP) is 4.80. The molecule has 0 saturated carbocycles. The second-order valence-electron chi connectivity index (χ2n) is 5.49. The number of alkyl halides is 3. The van der Waals surface area contributed by atoms with E-state index in [9.17, 15) is 0 Å². The van der Waals surface area contributed by atoms with E-state index in [1.807, 2.05) is 73.6 Å². The lowest BCUT2D eigenvalue weighted by Gasteiger charge is -2.31. The molecule has 3 nitrogen and oxygen atoms in total. The van der Waals surface area contributed by atoms with Crippen LogP contribution < -0.4 is 5.12 Å². The minimum absolute atomic E-state index is 0.476. The van der Waals surface area contributed by atoms with Crippen LogP contribution in [0.1, 0.15) is 11.1 Å². The third-order valence-corrected chi connectivity index (χ3v) is 4.40. The average Bonchev–Trinajstić information content (AvgIpc) is 2.86. The van der Waals surface area contributed by atoms with Gasteiger partial charge in [-0.15, -0.1) is 0 Å². The summed E-state index contributed by atoms with van der Waals surface area (Å²) in [6.07, 6.45) is 0. The van der Waals surface area contributed by atoms with Gasteiger partial charge in [0, 0.05) is 7.05 Å². The summed E-state index contributed by atoms with van der Waals surface area (Å²) in [5.74, 6) is 0. The smallest absolute Gasteiger partial charge is 0.193 e. The van der Waals surface area contributed by atoms with E-state index in [2.05, 4.69) is 0 Å². The van der Waals surface area contributed by atoms with Crippen LogP contribution in [0.15, 0.2) is 59.7 Å². The van der Waals surface area contributed by atoms with Crippen molar-refractivity contribution in [3.8, 4) is 0 Å². The SMILES string of the molecule is Cc1ccc(C2=NN(c3ccccc3)N(C)[C@@H]2C(Cl)(Cl)Cl)cc1. The molecule has 0 aliphatic carbocycles. The molecule has 3 rings (SSSR count). The Hall–Kier alpha value is -1.26. The summed E-state index contributed by atoms with van der Waals surface area (Å²) >= 11 is 18.7. The van der Waals surface area contributed by atoms with Crippen LogP contribution in [0.5, 0.6) is 0 Å². The van der Waals surface area contributed by atoms with Crippen molar-refractivity contribution in [2.75, 3.05) is 12.2 Å². The van der Waals surface area contributed by atoms with Gasteiger partial charge in [-0.1, -0.05) is 82.8 Å². The lowest BCUT2D eigenvalue weighted by molar-refractivity contribution is 0.301. The standard InChI is InChI=1S/C17H16Cl3N3/c1-12-8-10-13(11-9-12)15-16(17(18,19)20)22(2)23(21-15)14-6-4-3-5-7-14/h3-11,16H,1-2H3/t16-/m0/s1.